The number of rotatable bonds is 9. The highest BCUT2D eigenvalue weighted by atomic mass is 16.2. The monoisotopic (exact) mass is 545 g/mol. The molecule has 2 heterocycles. The number of benzene rings is 2. The molecule has 0 spiro atoms. The second-order valence-electron chi connectivity index (χ2n) is 10.1. The van der Waals surface area contributed by atoms with Crippen LogP contribution in [0.15, 0.2) is 67.3 Å². The Morgan fingerprint density at radius 2 is 1.82 bits per heavy atom. The lowest BCUT2D eigenvalue weighted by atomic mass is 10.0. The molecular weight excluding hydrogens is 506 g/mol. The van der Waals surface area contributed by atoms with E-state index in [1.165, 1.54) is 6.08 Å². The van der Waals surface area contributed by atoms with E-state index in [9.17, 15) is 14.4 Å². The van der Waals surface area contributed by atoms with Crippen LogP contribution in [0, 0.1) is 5.92 Å². The molecule has 1 aliphatic rings. The minimum absolute atomic E-state index is 0.00891. The van der Waals surface area contributed by atoms with E-state index in [4.69, 9.17) is 0 Å². The fraction of sp³-hybridized carbons (Fsp3) is 0.333. The highest BCUT2D eigenvalue weighted by molar-refractivity contribution is 5.99. The van der Waals surface area contributed by atoms with Crippen LogP contribution in [0.5, 0.6) is 0 Å². The number of hydrogen-bond acceptors (Lipinski definition) is 6. The Balaban J connectivity index is 0.000000285. The second kappa shape index (κ2) is 14.1. The largest absolute Gasteiger partial charge is 0.371 e. The third kappa shape index (κ3) is 7.57. The summed E-state index contributed by atoms with van der Waals surface area (Å²) in [4.78, 5) is 38.4. The first-order valence-electron chi connectivity index (χ1n) is 13.2. The van der Waals surface area contributed by atoms with Crippen LogP contribution in [0.25, 0.3) is 0 Å². The molecule has 2 aromatic carbocycles. The maximum Gasteiger partial charge on any atom is 0.318 e. The molecule has 2 atom stereocenters. The van der Waals surface area contributed by atoms with E-state index in [1.807, 2.05) is 44.2 Å². The Labute approximate surface area is 235 Å². The smallest absolute Gasteiger partial charge is 0.318 e. The molecule has 10 nitrogen and oxygen atoms in total. The van der Waals surface area contributed by atoms with Crippen LogP contribution < -0.4 is 16.0 Å². The van der Waals surface area contributed by atoms with Gasteiger partial charge in [0.15, 0.2) is 5.82 Å². The van der Waals surface area contributed by atoms with Crippen molar-refractivity contribution < 1.29 is 14.4 Å². The van der Waals surface area contributed by atoms with E-state index in [1.54, 1.807) is 24.3 Å². The van der Waals surface area contributed by atoms with Crippen LogP contribution in [-0.4, -0.2) is 65.9 Å². The molecule has 212 valence electrons. The molecule has 0 saturated heterocycles. The van der Waals surface area contributed by atoms with Crippen molar-refractivity contribution in [2.24, 2.45) is 5.92 Å². The summed E-state index contributed by atoms with van der Waals surface area (Å²) in [6.07, 6.45) is 1.94. The summed E-state index contributed by atoms with van der Waals surface area (Å²) in [5, 5.41) is 16.4. The number of urea groups is 1. The van der Waals surface area contributed by atoms with Gasteiger partial charge in [0.1, 0.15) is 6.29 Å². The van der Waals surface area contributed by atoms with Crippen molar-refractivity contribution in [3.63, 3.8) is 0 Å². The molecule has 1 aromatic heterocycles. The predicted molar refractivity (Wildman–Crippen MR) is 158 cm³/mol. The van der Waals surface area contributed by atoms with Gasteiger partial charge in [0.25, 0.3) is 0 Å². The van der Waals surface area contributed by atoms with E-state index in [0.717, 1.165) is 35.5 Å². The summed E-state index contributed by atoms with van der Waals surface area (Å²) in [6, 6.07) is 16.6. The Hall–Kier alpha value is -4.44. The second-order valence-corrected chi connectivity index (χ2v) is 10.1. The lowest BCUT2D eigenvalue weighted by Crippen LogP contribution is -2.44. The number of likely N-dealkylation sites (N-methyl/N-ethyl adjacent to an activating group) is 1. The molecule has 0 aliphatic carbocycles. The number of carbonyl (C=O) groups is 3. The third-order valence-electron chi connectivity index (χ3n) is 6.54. The molecule has 4 N–H and O–H groups in total. The number of fused-ring (bicyclic) bond motifs is 1. The van der Waals surface area contributed by atoms with Crippen molar-refractivity contribution in [3.05, 3.63) is 89.6 Å². The molecule has 0 fully saturated rings. The van der Waals surface area contributed by atoms with Gasteiger partial charge in [-0.3, -0.25) is 14.7 Å². The first-order chi connectivity index (χ1) is 19.2. The highest BCUT2D eigenvalue weighted by Gasteiger charge is 2.39. The van der Waals surface area contributed by atoms with Crippen LogP contribution in [0.3, 0.4) is 0 Å². The number of aromatic nitrogens is 2. The van der Waals surface area contributed by atoms with Gasteiger partial charge in [0.05, 0.1) is 24.3 Å². The number of nitrogens with one attached hydrogen (secondary N) is 4. The van der Waals surface area contributed by atoms with E-state index >= 15 is 0 Å². The van der Waals surface area contributed by atoms with Gasteiger partial charge in [0, 0.05) is 30.4 Å². The van der Waals surface area contributed by atoms with E-state index in [-0.39, 0.29) is 29.9 Å². The van der Waals surface area contributed by atoms with Gasteiger partial charge < -0.3 is 25.8 Å². The lowest BCUT2D eigenvalue weighted by Gasteiger charge is -2.31. The molecule has 3 aromatic rings. The Morgan fingerprint density at radius 3 is 2.38 bits per heavy atom. The van der Waals surface area contributed by atoms with Gasteiger partial charge in [-0.2, -0.15) is 5.10 Å². The summed E-state index contributed by atoms with van der Waals surface area (Å²) in [6.45, 7) is 8.89. The summed E-state index contributed by atoms with van der Waals surface area (Å²) in [7, 11) is 5.89. The van der Waals surface area contributed by atoms with Crippen molar-refractivity contribution in [2.75, 3.05) is 38.3 Å². The standard InChI is InChI=1S/C20H30N6O.C10H9NO2/c1-13(2)18-17-15(19(21-3)24-23-17)11-26(18)20(27)22-16(12-25(4)5)14-9-7-6-8-10-14;1-2-10(13)11-9-5-3-8(7-12)4-6-9/h6-10,13,16,18H,11-12H2,1-5H3,(H,22,27)(H2,21,23,24);2-7H,1H2,(H,11,13). The summed E-state index contributed by atoms with van der Waals surface area (Å²) in [5.41, 5.74) is 4.45. The van der Waals surface area contributed by atoms with Gasteiger partial charge >= 0.3 is 6.03 Å². The van der Waals surface area contributed by atoms with Gasteiger partial charge in [-0.1, -0.05) is 50.8 Å². The van der Waals surface area contributed by atoms with Gasteiger partial charge in [-0.15, -0.1) is 0 Å². The van der Waals surface area contributed by atoms with Crippen molar-refractivity contribution in [3.8, 4) is 0 Å². The molecule has 3 amide bonds. The zero-order chi connectivity index (χ0) is 29.2. The van der Waals surface area contributed by atoms with E-state index in [2.05, 4.69) is 63.6 Å². The predicted octanol–water partition coefficient (Wildman–Crippen LogP) is 4.60. The number of amides is 3. The van der Waals surface area contributed by atoms with Crippen molar-refractivity contribution in [1.82, 2.24) is 25.3 Å². The molecular formula is C30H39N7O3. The number of aldehydes is 1. The molecule has 0 saturated carbocycles. The fourth-order valence-electron chi connectivity index (χ4n) is 4.66. The van der Waals surface area contributed by atoms with Gasteiger partial charge in [-0.25, -0.2) is 4.79 Å². The first-order valence-corrected chi connectivity index (χ1v) is 13.2. The Kier molecular flexibility index (Phi) is 10.6. The van der Waals surface area contributed by atoms with E-state index in [0.29, 0.717) is 17.8 Å². The van der Waals surface area contributed by atoms with E-state index < -0.39 is 0 Å². The minimum atomic E-state index is -0.265. The van der Waals surface area contributed by atoms with Crippen LogP contribution in [0.4, 0.5) is 16.3 Å². The Morgan fingerprint density at radius 1 is 1.15 bits per heavy atom. The molecule has 40 heavy (non-hydrogen) atoms. The molecule has 1 aliphatic heterocycles. The number of nitrogens with zero attached hydrogens (tertiary/aromatic N) is 3. The quantitative estimate of drug-likeness (QED) is 0.230. The normalized spacial score (nSPS) is 14.6. The fourth-order valence-corrected chi connectivity index (χ4v) is 4.66. The lowest BCUT2D eigenvalue weighted by molar-refractivity contribution is -0.111. The highest BCUT2D eigenvalue weighted by Crippen LogP contribution is 2.40. The summed E-state index contributed by atoms with van der Waals surface area (Å²) < 4.78 is 0. The minimum Gasteiger partial charge on any atom is -0.371 e. The topological polar surface area (TPSA) is 122 Å². The average Bonchev–Trinajstić information content (AvgIpc) is 3.53. The molecule has 4 rings (SSSR count). The maximum absolute atomic E-state index is 13.2. The number of anilines is 2. The number of carbonyl (C=O) groups excluding carboxylic acids is 3. The maximum atomic E-state index is 13.2. The van der Waals surface area contributed by atoms with Crippen molar-refractivity contribution >= 4 is 29.7 Å². The average molecular weight is 546 g/mol. The van der Waals surface area contributed by atoms with Gasteiger partial charge in [0.2, 0.25) is 5.91 Å². The summed E-state index contributed by atoms with van der Waals surface area (Å²) in [5.74, 6) is 0.837. The van der Waals surface area contributed by atoms with Crippen LogP contribution in [0.2, 0.25) is 0 Å². The van der Waals surface area contributed by atoms with Crippen molar-refractivity contribution in [1.29, 1.82) is 0 Å². The first kappa shape index (κ1) is 30.1. The summed E-state index contributed by atoms with van der Waals surface area (Å²) >= 11 is 0. The molecule has 0 radical (unpaired) electrons. The number of aromatic amines is 1. The zero-order valence-corrected chi connectivity index (χ0v) is 23.8. The van der Waals surface area contributed by atoms with Crippen molar-refractivity contribution in [2.45, 2.75) is 32.5 Å². The van der Waals surface area contributed by atoms with Crippen LogP contribution >= 0.6 is 0 Å². The molecule has 10 heteroatoms. The number of hydrogen-bond donors (Lipinski definition) is 4. The molecule has 0 bridgehead atoms. The SMILES string of the molecule is C=CC(=O)Nc1ccc(C=O)cc1.CNc1n[nH]c2c1CN(C(=O)NC(CN(C)C)c1ccccc1)C2C(C)C. The van der Waals surface area contributed by atoms with Crippen LogP contribution in [-0.2, 0) is 11.3 Å². The number of H-pyrrole nitrogens is 1. The third-order valence-corrected chi connectivity index (χ3v) is 6.54. The molecule has 2 unspecified atom stereocenters. The van der Waals surface area contributed by atoms with Crippen LogP contribution in [0.1, 0.15) is 53.1 Å². The van der Waals surface area contributed by atoms with Gasteiger partial charge in [-0.05, 0) is 55.9 Å². The Bertz CT molecular complexity index is 1290. The zero-order valence-electron chi connectivity index (χ0n) is 23.8.